The smallest absolute Gasteiger partial charge is 0.230 e. The molecule has 0 aromatic carbocycles. The van der Waals surface area contributed by atoms with Crippen LogP contribution in [0.25, 0.3) is 0 Å². The second kappa shape index (κ2) is 1.99. The number of carbonyl (C=O) groups excluding carboxylic acids is 1. The molecule has 1 unspecified atom stereocenters. The van der Waals surface area contributed by atoms with E-state index in [1.165, 1.54) is 13.2 Å². The normalized spacial score (nSPS) is 16.7. The maximum absolute atomic E-state index is 9.63. The molecule has 0 bridgehead atoms. The Morgan fingerprint density at radius 2 is 2.29 bits per heavy atom. The lowest BCUT2D eigenvalue weighted by molar-refractivity contribution is 0.549. The van der Waals surface area contributed by atoms with Crippen molar-refractivity contribution in [3.8, 4) is 6.07 Å². The second-order valence-electron chi connectivity index (χ2n) is 1.29. The van der Waals surface area contributed by atoms with Crippen molar-refractivity contribution in [2.45, 2.75) is 11.7 Å². The fraction of sp³-hybridized carbons (Fsp3) is 0.500. The summed E-state index contributed by atoms with van der Waals surface area (Å²) in [5.74, 6) is 0. The lowest BCUT2D eigenvalue weighted by Gasteiger charge is -1.97. The summed E-state index contributed by atoms with van der Waals surface area (Å²) in [7, 11) is 0. The lowest BCUT2D eigenvalue weighted by Crippen LogP contribution is -2.13. The average molecular weight is 114 g/mol. The molecule has 0 aromatic rings. The van der Waals surface area contributed by atoms with Crippen LogP contribution in [0.3, 0.4) is 0 Å². The van der Waals surface area contributed by atoms with Crippen LogP contribution in [-0.2, 0) is 4.79 Å². The summed E-state index contributed by atoms with van der Waals surface area (Å²) in [6, 6.07) is 1.63. The van der Waals surface area contributed by atoms with Gasteiger partial charge < -0.3 is 0 Å². The van der Waals surface area contributed by atoms with Crippen molar-refractivity contribution in [2.24, 2.45) is 0 Å². The monoisotopic (exact) mass is 114 g/mol. The molecule has 37 valence electrons. The minimum Gasteiger partial charge on any atom is -0.288 e. The number of hydrogen-bond donors (Lipinski definition) is 1. The van der Waals surface area contributed by atoms with Gasteiger partial charge in [-0.2, -0.15) is 5.26 Å². The zero-order chi connectivity index (χ0) is 5.91. The van der Waals surface area contributed by atoms with E-state index >= 15 is 0 Å². The summed E-state index contributed by atoms with van der Waals surface area (Å²) in [6.07, 6.45) is 1.44. The van der Waals surface area contributed by atoms with Gasteiger partial charge in [0.05, 0.1) is 6.07 Å². The molecule has 3 heteroatoms. The van der Waals surface area contributed by atoms with Gasteiger partial charge in [-0.3, -0.25) is 4.79 Å². The van der Waals surface area contributed by atoms with Crippen LogP contribution in [0.2, 0.25) is 0 Å². The maximum atomic E-state index is 9.63. The minimum atomic E-state index is -1.22. The van der Waals surface area contributed by atoms with Gasteiger partial charge in [0.2, 0.25) is 6.29 Å². The first-order valence-corrected chi connectivity index (χ1v) is 2.10. The maximum Gasteiger partial charge on any atom is 0.230 e. The Morgan fingerprint density at radius 3 is 2.29 bits per heavy atom. The van der Waals surface area contributed by atoms with Crippen LogP contribution in [-0.4, -0.2) is 11.0 Å². The van der Waals surface area contributed by atoms with Crippen LogP contribution >= 0.6 is 12.6 Å². The van der Waals surface area contributed by atoms with Gasteiger partial charge in [0.1, 0.15) is 0 Å². The molecule has 0 saturated heterocycles. The Labute approximate surface area is 47.5 Å². The first-order chi connectivity index (χ1) is 3.12. The van der Waals surface area contributed by atoms with Crippen molar-refractivity contribution in [1.29, 1.82) is 5.26 Å². The van der Waals surface area contributed by atoms with Crippen LogP contribution in [0.1, 0.15) is 6.92 Å². The van der Waals surface area contributed by atoms with Gasteiger partial charge in [0.25, 0.3) is 0 Å². The molecule has 0 saturated carbocycles. The second-order valence-corrected chi connectivity index (χ2v) is 2.18. The standard InChI is InChI=1S/C4H4NOS/c1-4(7,2-5)3-6/h7H,1H3. The number of rotatable bonds is 1. The molecule has 2 nitrogen and oxygen atoms in total. The number of hydrogen-bond acceptors (Lipinski definition) is 3. The molecule has 0 aliphatic rings. The molecule has 0 aliphatic carbocycles. The highest BCUT2D eigenvalue weighted by molar-refractivity contribution is 7.82. The molecule has 0 fully saturated rings. The highest BCUT2D eigenvalue weighted by atomic mass is 32.1. The Balaban J connectivity index is 3.91. The summed E-state index contributed by atoms with van der Waals surface area (Å²) in [5.41, 5.74) is 0. The lowest BCUT2D eigenvalue weighted by atomic mass is 10.2. The molecular formula is C4H4NOS. The topological polar surface area (TPSA) is 40.9 Å². The van der Waals surface area contributed by atoms with Gasteiger partial charge >= 0.3 is 0 Å². The molecule has 0 spiro atoms. The largest absolute Gasteiger partial charge is 0.288 e. The minimum absolute atomic E-state index is 1.22. The Bertz CT molecular complexity index is 113. The third-order valence-electron chi connectivity index (χ3n) is 0.416. The van der Waals surface area contributed by atoms with Crippen molar-refractivity contribution in [2.75, 3.05) is 0 Å². The van der Waals surface area contributed by atoms with Crippen molar-refractivity contribution in [1.82, 2.24) is 0 Å². The molecule has 0 amide bonds. The predicted octanol–water partition coefficient (Wildman–Crippen LogP) is 0.308. The van der Waals surface area contributed by atoms with Crippen molar-refractivity contribution in [3.05, 3.63) is 0 Å². The molecule has 0 N–H and O–H groups in total. The predicted molar refractivity (Wildman–Crippen MR) is 28.7 cm³/mol. The summed E-state index contributed by atoms with van der Waals surface area (Å²) in [4.78, 5) is 9.63. The first-order valence-electron chi connectivity index (χ1n) is 1.65. The van der Waals surface area contributed by atoms with Gasteiger partial charge in [-0.05, 0) is 6.92 Å². The Hall–Kier alpha value is -0.490. The van der Waals surface area contributed by atoms with E-state index in [2.05, 4.69) is 12.6 Å². The quantitative estimate of drug-likeness (QED) is 0.498. The Kier molecular flexibility index (Phi) is 1.85. The van der Waals surface area contributed by atoms with Gasteiger partial charge in [-0.15, -0.1) is 12.6 Å². The summed E-state index contributed by atoms with van der Waals surface area (Å²) in [6.45, 7) is 1.38. The third-order valence-corrected chi connectivity index (χ3v) is 0.608. The SMILES string of the molecule is CC(S)([C]=O)C#N. The van der Waals surface area contributed by atoms with E-state index in [0.29, 0.717) is 0 Å². The zero-order valence-electron chi connectivity index (χ0n) is 3.80. The van der Waals surface area contributed by atoms with E-state index in [1.54, 1.807) is 6.07 Å². The summed E-state index contributed by atoms with van der Waals surface area (Å²) < 4.78 is -1.22. The summed E-state index contributed by atoms with van der Waals surface area (Å²) in [5, 5.41) is 8.01. The first kappa shape index (κ1) is 6.51. The number of nitrogens with zero attached hydrogens (tertiary/aromatic N) is 1. The van der Waals surface area contributed by atoms with Crippen molar-refractivity contribution < 1.29 is 4.79 Å². The average Bonchev–Trinajstić information content (AvgIpc) is 1.68. The molecule has 1 atom stereocenters. The molecule has 0 rings (SSSR count). The van der Waals surface area contributed by atoms with Crippen LogP contribution in [0.4, 0.5) is 0 Å². The fourth-order valence-electron chi connectivity index (χ4n) is 0.0228. The van der Waals surface area contributed by atoms with Gasteiger partial charge in [-0.25, -0.2) is 0 Å². The van der Waals surface area contributed by atoms with Crippen molar-refractivity contribution in [3.63, 3.8) is 0 Å². The Morgan fingerprint density at radius 1 is 1.86 bits per heavy atom. The third kappa shape index (κ3) is 2.24. The van der Waals surface area contributed by atoms with Gasteiger partial charge in [0.15, 0.2) is 4.75 Å². The fourth-order valence-corrected chi connectivity index (χ4v) is 0.0228. The molecule has 1 radical (unpaired) electrons. The van der Waals surface area contributed by atoms with E-state index in [9.17, 15) is 4.79 Å². The van der Waals surface area contributed by atoms with E-state index in [0.717, 1.165) is 0 Å². The van der Waals surface area contributed by atoms with Crippen molar-refractivity contribution >= 4 is 18.9 Å². The molecular weight excluding hydrogens is 110 g/mol. The van der Waals surface area contributed by atoms with E-state index < -0.39 is 4.75 Å². The van der Waals surface area contributed by atoms with Crippen LogP contribution in [0.5, 0.6) is 0 Å². The van der Waals surface area contributed by atoms with Crippen LogP contribution in [0.15, 0.2) is 0 Å². The summed E-state index contributed by atoms with van der Waals surface area (Å²) >= 11 is 3.60. The van der Waals surface area contributed by atoms with Gasteiger partial charge in [0, 0.05) is 0 Å². The van der Waals surface area contributed by atoms with Crippen LogP contribution < -0.4 is 0 Å². The zero-order valence-corrected chi connectivity index (χ0v) is 4.70. The molecule has 0 aliphatic heterocycles. The highest BCUT2D eigenvalue weighted by Crippen LogP contribution is 2.05. The molecule has 7 heavy (non-hydrogen) atoms. The molecule has 0 aromatic heterocycles. The highest BCUT2D eigenvalue weighted by Gasteiger charge is 2.16. The van der Waals surface area contributed by atoms with Crippen LogP contribution in [0, 0.1) is 11.3 Å². The van der Waals surface area contributed by atoms with E-state index in [1.807, 2.05) is 0 Å². The van der Waals surface area contributed by atoms with Gasteiger partial charge in [-0.1, -0.05) is 0 Å². The number of thiol groups is 1. The number of nitriles is 1. The molecule has 0 heterocycles. The van der Waals surface area contributed by atoms with E-state index in [-0.39, 0.29) is 0 Å². The van der Waals surface area contributed by atoms with E-state index in [4.69, 9.17) is 5.26 Å².